The number of ether oxygens (including phenoxy) is 5. The van der Waals surface area contributed by atoms with Gasteiger partial charge in [-0.15, -0.1) is 0 Å². The fourth-order valence-corrected chi connectivity index (χ4v) is 10.5. The maximum atomic E-state index is 12.0. The topological polar surface area (TPSA) is 83.5 Å². The molecule has 7 nitrogen and oxygen atoms in total. The zero-order chi connectivity index (χ0) is 30.0. The number of hydrogen-bond donors (Lipinski definition) is 1. The molecule has 0 amide bonds. The number of aliphatic hydroxyl groups is 1. The number of aliphatic hydroxyl groups excluding tert-OH is 1. The summed E-state index contributed by atoms with van der Waals surface area (Å²) < 4.78 is 30.4. The lowest BCUT2D eigenvalue weighted by Crippen LogP contribution is -2.48. The molecule has 6 rings (SSSR count). The molecule has 1 N–H and O–H groups in total. The Labute approximate surface area is 253 Å². The minimum absolute atomic E-state index is 0.0625. The smallest absolute Gasteiger partial charge is 0.491 e. The Morgan fingerprint density at radius 3 is 2.48 bits per heavy atom. The highest BCUT2D eigenvalue weighted by molar-refractivity contribution is 5.63. The van der Waals surface area contributed by atoms with Gasteiger partial charge in [-0.25, -0.2) is 4.79 Å². The van der Waals surface area contributed by atoms with E-state index in [1.807, 2.05) is 13.8 Å². The Bertz CT molecular complexity index is 1050. The molecule has 0 spiro atoms. The van der Waals surface area contributed by atoms with Crippen molar-refractivity contribution >= 4 is 6.16 Å². The summed E-state index contributed by atoms with van der Waals surface area (Å²) in [5.41, 5.74) is 1.13. The van der Waals surface area contributed by atoms with E-state index < -0.39 is 11.8 Å². The average Bonchev–Trinajstić information content (AvgIpc) is 3.37. The Kier molecular flexibility index (Phi) is 8.22. The molecule has 7 heteroatoms. The Hall–Kier alpha value is -1.31. The van der Waals surface area contributed by atoms with Crippen molar-refractivity contribution in [2.24, 2.45) is 40.4 Å². The van der Waals surface area contributed by atoms with E-state index in [-0.39, 0.29) is 41.5 Å². The zero-order valence-electron chi connectivity index (χ0n) is 27.2. The molecule has 4 unspecified atom stereocenters. The lowest BCUT2D eigenvalue weighted by molar-refractivity contribution is -0.240. The van der Waals surface area contributed by atoms with Gasteiger partial charge < -0.3 is 28.8 Å². The normalized spacial score (nSPS) is 46.3. The first-order chi connectivity index (χ1) is 19.8. The van der Waals surface area contributed by atoms with Crippen molar-refractivity contribution in [3.63, 3.8) is 0 Å². The Morgan fingerprint density at radius 1 is 0.976 bits per heavy atom. The first kappa shape index (κ1) is 30.7. The van der Waals surface area contributed by atoms with Crippen LogP contribution in [-0.2, 0) is 23.7 Å². The van der Waals surface area contributed by atoms with Crippen LogP contribution in [0.1, 0.15) is 119 Å². The third-order valence-corrected chi connectivity index (χ3v) is 12.7. The number of fused-ring (bicyclic) bond motifs is 2. The summed E-state index contributed by atoms with van der Waals surface area (Å²) in [7, 11) is 0. The number of cyclic esters (lactones) is 2. The van der Waals surface area contributed by atoms with Gasteiger partial charge in [0.2, 0.25) is 0 Å². The SMILES string of the molecule is CC1CC[C@H](OC2C[C@@H](O)CCO2)C(C)(C)C1CC[C@@H]1CCC[C@]2(C)C3=C(CC12)O[C@@H]([C@@H]1OC(=O)OC1(C)C)C[C@H]3C. The minimum atomic E-state index is -0.675. The molecule has 6 aliphatic rings. The highest BCUT2D eigenvalue weighted by atomic mass is 16.8. The maximum absolute atomic E-state index is 12.0. The van der Waals surface area contributed by atoms with Gasteiger partial charge in [0.25, 0.3) is 0 Å². The quantitative estimate of drug-likeness (QED) is 0.321. The number of allylic oxidation sites excluding steroid dienone is 2. The molecule has 0 aromatic carbocycles. The molecule has 0 radical (unpaired) electrons. The van der Waals surface area contributed by atoms with Gasteiger partial charge in [0.15, 0.2) is 18.0 Å². The summed E-state index contributed by atoms with van der Waals surface area (Å²) in [6.07, 6.45) is 10.2. The van der Waals surface area contributed by atoms with Crippen LogP contribution in [0.3, 0.4) is 0 Å². The van der Waals surface area contributed by atoms with Crippen LogP contribution >= 0.6 is 0 Å². The van der Waals surface area contributed by atoms with Gasteiger partial charge in [-0.2, -0.15) is 0 Å². The van der Waals surface area contributed by atoms with E-state index in [1.54, 1.807) is 5.57 Å². The summed E-state index contributed by atoms with van der Waals surface area (Å²) in [6, 6.07) is 0. The third kappa shape index (κ3) is 5.42. The molecule has 0 bridgehead atoms. The first-order valence-electron chi connectivity index (χ1n) is 17.0. The lowest BCUT2D eigenvalue weighted by Gasteiger charge is -2.50. The standard InChI is InChI=1S/C35H56O7/c1-20-10-13-28(40-29-18-23(36)14-16-38-29)33(3,4)24(20)12-11-22-9-8-15-35(7)25(22)19-26-30(35)21(2)17-27(39-26)31-34(5,6)42-32(37)41-31/h20-25,27-29,31,36H,8-19H2,1-7H3/t20?,21-,22+,23+,24?,25?,27-,28+,29?,31+,35+/m1/s1. The molecule has 3 aliphatic heterocycles. The summed E-state index contributed by atoms with van der Waals surface area (Å²) in [4.78, 5) is 12.0. The van der Waals surface area contributed by atoms with Crippen molar-refractivity contribution in [1.29, 1.82) is 0 Å². The van der Waals surface area contributed by atoms with E-state index >= 15 is 0 Å². The van der Waals surface area contributed by atoms with Crippen molar-refractivity contribution in [2.75, 3.05) is 6.61 Å². The van der Waals surface area contributed by atoms with Crippen molar-refractivity contribution < 1.29 is 33.6 Å². The predicted octanol–water partition coefficient (Wildman–Crippen LogP) is 7.54. The van der Waals surface area contributed by atoms with Crippen molar-refractivity contribution in [3.05, 3.63) is 11.3 Å². The van der Waals surface area contributed by atoms with Crippen LogP contribution in [0.5, 0.6) is 0 Å². The van der Waals surface area contributed by atoms with Crippen LogP contribution in [0.4, 0.5) is 4.79 Å². The maximum Gasteiger partial charge on any atom is 0.509 e. The van der Waals surface area contributed by atoms with E-state index in [0.717, 1.165) is 19.3 Å². The summed E-state index contributed by atoms with van der Waals surface area (Å²) in [5.74, 6) is 4.17. The van der Waals surface area contributed by atoms with Gasteiger partial charge in [-0.3, -0.25) is 0 Å². The van der Waals surface area contributed by atoms with Crippen molar-refractivity contribution in [2.45, 2.75) is 155 Å². The highest BCUT2D eigenvalue weighted by Gasteiger charge is 2.57. The molecule has 3 heterocycles. The predicted molar refractivity (Wildman–Crippen MR) is 159 cm³/mol. The number of hydrogen-bond acceptors (Lipinski definition) is 7. The Morgan fingerprint density at radius 2 is 1.76 bits per heavy atom. The second kappa shape index (κ2) is 11.2. The van der Waals surface area contributed by atoms with Crippen molar-refractivity contribution in [1.82, 2.24) is 0 Å². The van der Waals surface area contributed by atoms with Crippen LogP contribution in [0.15, 0.2) is 11.3 Å². The average molecular weight is 589 g/mol. The van der Waals surface area contributed by atoms with Crippen molar-refractivity contribution in [3.8, 4) is 0 Å². The van der Waals surface area contributed by atoms with Gasteiger partial charge in [-0.1, -0.05) is 47.5 Å². The van der Waals surface area contributed by atoms with E-state index in [4.69, 9.17) is 23.7 Å². The number of carbonyl (C=O) groups excluding carboxylic acids is 1. The lowest BCUT2D eigenvalue weighted by atomic mass is 9.57. The van der Waals surface area contributed by atoms with E-state index in [0.29, 0.717) is 49.0 Å². The van der Waals surface area contributed by atoms with Crippen LogP contribution in [0.25, 0.3) is 0 Å². The summed E-state index contributed by atoms with van der Waals surface area (Å²) in [5, 5.41) is 10.2. The molecule has 3 aliphatic carbocycles. The fraction of sp³-hybridized carbons (Fsp3) is 0.914. The van der Waals surface area contributed by atoms with E-state index in [2.05, 4.69) is 34.6 Å². The first-order valence-corrected chi connectivity index (χ1v) is 17.0. The van der Waals surface area contributed by atoms with Crippen LogP contribution in [0, 0.1) is 40.4 Å². The summed E-state index contributed by atoms with van der Waals surface area (Å²) in [6.45, 7) is 16.6. The molecule has 238 valence electrons. The number of carbonyl (C=O) groups is 1. The van der Waals surface area contributed by atoms with Gasteiger partial charge in [0, 0.05) is 12.8 Å². The van der Waals surface area contributed by atoms with Gasteiger partial charge in [0.1, 0.15) is 6.10 Å². The highest BCUT2D eigenvalue weighted by Crippen LogP contribution is 2.62. The van der Waals surface area contributed by atoms with E-state index in [9.17, 15) is 9.90 Å². The second-order valence-electron chi connectivity index (χ2n) is 16.2. The van der Waals surface area contributed by atoms with Gasteiger partial charge >= 0.3 is 6.16 Å². The molecular formula is C35H56O7. The van der Waals surface area contributed by atoms with Crippen LogP contribution < -0.4 is 0 Å². The molecule has 2 saturated carbocycles. The second-order valence-corrected chi connectivity index (χ2v) is 16.2. The van der Waals surface area contributed by atoms with Gasteiger partial charge in [-0.05, 0) is 105 Å². The molecule has 11 atom stereocenters. The Balaban J connectivity index is 1.13. The molecule has 0 aromatic rings. The molecular weight excluding hydrogens is 532 g/mol. The number of rotatable bonds is 6. The molecule has 4 fully saturated rings. The molecule has 2 saturated heterocycles. The zero-order valence-corrected chi connectivity index (χ0v) is 27.2. The minimum Gasteiger partial charge on any atom is -0.491 e. The van der Waals surface area contributed by atoms with E-state index in [1.165, 1.54) is 44.3 Å². The fourth-order valence-electron chi connectivity index (χ4n) is 10.5. The van der Waals surface area contributed by atoms with Crippen LogP contribution in [0.2, 0.25) is 0 Å². The third-order valence-electron chi connectivity index (χ3n) is 12.7. The van der Waals surface area contributed by atoms with Gasteiger partial charge in [0.05, 0.1) is 24.6 Å². The van der Waals surface area contributed by atoms with Crippen LogP contribution in [-0.4, -0.2) is 54.2 Å². The molecule has 0 aromatic heterocycles. The summed E-state index contributed by atoms with van der Waals surface area (Å²) >= 11 is 0. The monoisotopic (exact) mass is 588 g/mol. The molecule has 42 heavy (non-hydrogen) atoms. The largest absolute Gasteiger partial charge is 0.509 e.